The maximum Gasteiger partial charge on any atom is 0.0839 e. The fraction of sp³-hybridized carbons (Fsp3) is 1.00. The summed E-state index contributed by atoms with van der Waals surface area (Å²) in [5.41, 5.74) is 6.46. The summed E-state index contributed by atoms with van der Waals surface area (Å²) in [6.45, 7) is 11.3. The Morgan fingerprint density at radius 2 is 1.84 bits per heavy atom. The van der Waals surface area contributed by atoms with Gasteiger partial charge in [0.05, 0.1) is 13.2 Å². The van der Waals surface area contributed by atoms with E-state index in [1.54, 1.807) is 12.1 Å². The number of hydrogen-bond donors (Lipinski definition) is 3. The van der Waals surface area contributed by atoms with Gasteiger partial charge in [-0.3, -0.25) is 26.0 Å². The highest BCUT2D eigenvalue weighted by atomic mass is 16.7. The molecule has 0 radical (unpaired) electrons. The van der Waals surface area contributed by atoms with E-state index in [1.807, 2.05) is 14.1 Å². The first-order valence-corrected chi connectivity index (χ1v) is 9.25. The molecule has 0 spiro atoms. The second kappa shape index (κ2) is 13.8. The SMILES string of the molecule is COCCN1CCN(NOCCN(C)NCC(C)CCN(C)N)CC1. The van der Waals surface area contributed by atoms with Crippen molar-refractivity contribution in [2.24, 2.45) is 11.8 Å². The van der Waals surface area contributed by atoms with Gasteiger partial charge in [-0.15, -0.1) is 5.59 Å². The Morgan fingerprint density at radius 1 is 1.12 bits per heavy atom. The average Bonchev–Trinajstić information content (AvgIpc) is 2.61. The number of nitrogens with one attached hydrogen (secondary N) is 2. The Hall–Kier alpha value is -0.360. The van der Waals surface area contributed by atoms with Gasteiger partial charge in [-0.25, -0.2) is 10.0 Å². The van der Waals surface area contributed by atoms with Crippen molar-refractivity contribution in [2.75, 3.05) is 86.8 Å². The molecule has 0 aliphatic carbocycles. The molecule has 150 valence electrons. The molecule has 4 N–H and O–H groups in total. The summed E-state index contributed by atoms with van der Waals surface area (Å²) in [4.78, 5) is 7.98. The van der Waals surface area contributed by atoms with Crippen molar-refractivity contribution in [1.82, 2.24) is 30.9 Å². The molecule has 9 heteroatoms. The van der Waals surface area contributed by atoms with Crippen LogP contribution in [0.15, 0.2) is 0 Å². The van der Waals surface area contributed by atoms with Gasteiger partial charge in [0.25, 0.3) is 0 Å². The number of nitrogens with two attached hydrogens (primary N) is 1. The maximum absolute atomic E-state index is 5.64. The highest BCUT2D eigenvalue weighted by molar-refractivity contribution is 4.68. The number of likely N-dealkylation sites (N-methyl/N-ethyl adjacent to an activating group) is 1. The van der Waals surface area contributed by atoms with Crippen molar-refractivity contribution in [1.29, 1.82) is 0 Å². The number of hydrogen-bond acceptors (Lipinski definition) is 9. The third kappa shape index (κ3) is 11.8. The first kappa shape index (κ1) is 22.7. The summed E-state index contributed by atoms with van der Waals surface area (Å²) in [5, 5.41) is 5.94. The quantitative estimate of drug-likeness (QED) is 0.204. The zero-order valence-electron chi connectivity index (χ0n) is 16.5. The lowest BCUT2D eigenvalue weighted by atomic mass is 10.1. The smallest absolute Gasteiger partial charge is 0.0839 e. The predicted molar refractivity (Wildman–Crippen MR) is 100 cm³/mol. The molecule has 0 aromatic carbocycles. The third-order valence-electron chi connectivity index (χ3n) is 4.39. The third-order valence-corrected chi connectivity index (χ3v) is 4.39. The average molecular weight is 362 g/mol. The van der Waals surface area contributed by atoms with Crippen LogP contribution in [0.3, 0.4) is 0 Å². The molecule has 1 rings (SSSR count). The number of methoxy groups -OCH3 is 1. The van der Waals surface area contributed by atoms with Crippen molar-refractivity contribution in [3.63, 3.8) is 0 Å². The van der Waals surface area contributed by atoms with Gasteiger partial charge >= 0.3 is 0 Å². The van der Waals surface area contributed by atoms with E-state index in [0.717, 1.165) is 65.4 Å². The summed E-state index contributed by atoms with van der Waals surface area (Å²) in [7, 11) is 5.69. The van der Waals surface area contributed by atoms with Crippen LogP contribution in [-0.2, 0) is 9.57 Å². The van der Waals surface area contributed by atoms with Crippen LogP contribution >= 0.6 is 0 Å². The Bertz CT molecular complexity index is 315. The molecule has 9 nitrogen and oxygen atoms in total. The van der Waals surface area contributed by atoms with E-state index in [0.29, 0.717) is 12.5 Å². The molecule has 1 atom stereocenters. The van der Waals surface area contributed by atoms with Crippen LogP contribution in [0.2, 0.25) is 0 Å². The van der Waals surface area contributed by atoms with Crippen LogP contribution < -0.4 is 16.9 Å². The molecule has 1 heterocycles. The number of nitrogens with zero attached hydrogens (tertiary/aromatic N) is 4. The second-order valence-electron chi connectivity index (χ2n) is 6.92. The molecule has 0 bridgehead atoms. The van der Waals surface area contributed by atoms with Crippen molar-refractivity contribution in [3.8, 4) is 0 Å². The number of rotatable bonds is 14. The highest BCUT2D eigenvalue weighted by Crippen LogP contribution is 2.00. The highest BCUT2D eigenvalue weighted by Gasteiger charge is 2.16. The van der Waals surface area contributed by atoms with Gasteiger partial charge in [-0.05, 0) is 12.3 Å². The van der Waals surface area contributed by atoms with Crippen molar-refractivity contribution >= 4 is 0 Å². The molecule has 1 unspecified atom stereocenters. The van der Waals surface area contributed by atoms with Crippen molar-refractivity contribution < 1.29 is 9.57 Å². The number of hydrazine groups is 3. The number of piperazine rings is 1. The molecular formula is C16H39N7O2. The minimum atomic E-state index is 0.585. The van der Waals surface area contributed by atoms with Crippen LogP contribution in [-0.4, -0.2) is 107 Å². The summed E-state index contributed by atoms with van der Waals surface area (Å²) >= 11 is 0. The van der Waals surface area contributed by atoms with E-state index >= 15 is 0 Å². The fourth-order valence-electron chi connectivity index (χ4n) is 2.52. The Balaban J connectivity index is 1.97. The minimum absolute atomic E-state index is 0.585. The standard InChI is InChI=1S/C16H39N7O2/c1-16(5-6-20(2)17)15-18-21(3)11-14-25-19-23-9-7-22(8-10-23)12-13-24-4/h16,18-19H,5-15,17H2,1-4H3. The Kier molecular flexibility index (Phi) is 12.5. The topological polar surface area (TPSA) is 81.5 Å². The summed E-state index contributed by atoms with van der Waals surface area (Å²) in [6.07, 6.45) is 1.09. The molecule has 1 saturated heterocycles. The Morgan fingerprint density at radius 3 is 2.48 bits per heavy atom. The van der Waals surface area contributed by atoms with Gasteiger partial charge in [0.2, 0.25) is 0 Å². The lowest BCUT2D eigenvalue weighted by Crippen LogP contribution is -2.52. The molecular weight excluding hydrogens is 322 g/mol. The van der Waals surface area contributed by atoms with Crippen molar-refractivity contribution in [2.45, 2.75) is 13.3 Å². The predicted octanol–water partition coefficient (Wildman–Crippen LogP) is -1.05. The minimum Gasteiger partial charge on any atom is -0.383 e. The van der Waals surface area contributed by atoms with Gasteiger partial charge < -0.3 is 4.74 Å². The van der Waals surface area contributed by atoms with E-state index in [4.69, 9.17) is 15.4 Å². The van der Waals surface area contributed by atoms with Gasteiger partial charge in [0.1, 0.15) is 0 Å². The van der Waals surface area contributed by atoms with E-state index in [2.05, 4.69) is 32.9 Å². The molecule has 1 aliphatic rings. The van der Waals surface area contributed by atoms with Crippen LogP contribution in [0.25, 0.3) is 0 Å². The molecule has 0 saturated carbocycles. The van der Waals surface area contributed by atoms with Crippen molar-refractivity contribution in [3.05, 3.63) is 0 Å². The summed E-state index contributed by atoms with van der Waals surface area (Å²) in [5.74, 6) is 6.22. The fourth-order valence-corrected chi connectivity index (χ4v) is 2.52. The summed E-state index contributed by atoms with van der Waals surface area (Å²) in [6, 6.07) is 0. The lowest BCUT2D eigenvalue weighted by Gasteiger charge is -2.34. The van der Waals surface area contributed by atoms with Gasteiger partial charge in [0.15, 0.2) is 0 Å². The van der Waals surface area contributed by atoms with Crippen LogP contribution in [0.1, 0.15) is 13.3 Å². The maximum atomic E-state index is 5.64. The molecule has 1 aliphatic heterocycles. The number of ether oxygens (including phenoxy) is 1. The van der Waals surface area contributed by atoms with E-state index < -0.39 is 0 Å². The van der Waals surface area contributed by atoms with E-state index in [1.165, 1.54) is 0 Å². The van der Waals surface area contributed by atoms with E-state index in [-0.39, 0.29) is 0 Å². The van der Waals surface area contributed by atoms with Crippen LogP contribution in [0.5, 0.6) is 0 Å². The van der Waals surface area contributed by atoms with E-state index in [9.17, 15) is 0 Å². The summed E-state index contributed by atoms with van der Waals surface area (Å²) < 4.78 is 5.12. The molecule has 0 aromatic heterocycles. The first-order valence-electron chi connectivity index (χ1n) is 9.25. The van der Waals surface area contributed by atoms with Crippen LogP contribution in [0, 0.1) is 5.92 Å². The van der Waals surface area contributed by atoms with Crippen LogP contribution in [0.4, 0.5) is 0 Å². The normalized spacial score (nSPS) is 18.4. The Labute approximate surface area is 153 Å². The zero-order valence-corrected chi connectivity index (χ0v) is 16.5. The lowest BCUT2D eigenvalue weighted by molar-refractivity contribution is -0.104. The largest absolute Gasteiger partial charge is 0.383 e. The molecule has 0 amide bonds. The molecule has 25 heavy (non-hydrogen) atoms. The zero-order chi connectivity index (χ0) is 18.5. The van der Waals surface area contributed by atoms with Gasteiger partial charge in [0, 0.05) is 73.6 Å². The van der Waals surface area contributed by atoms with Gasteiger partial charge in [-0.1, -0.05) is 6.92 Å². The van der Waals surface area contributed by atoms with Gasteiger partial charge in [-0.2, -0.15) is 0 Å². The molecule has 0 aromatic rings. The second-order valence-corrected chi connectivity index (χ2v) is 6.92. The molecule has 1 fully saturated rings. The monoisotopic (exact) mass is 361 g/mol. The first-order chi connectivity index (χ1) is 12.0.